The van der Waals surface area contributed by atoms with Gasteiger partial charge in [-0.25, -0.2) is 0 Å². The van der Waals surface area contributed by atoms with Gasteiger partial charge in [0.15, 0.2) is 5.78 Å². The molecule has 0 unspecified atom stereocenters. The summed E-state index contributed by atoms with van der Waals surface area (Å²) in [6.45, 7) is 1.54. The van der Waals surface area contributed by atoms with Crippen molar-refractivity contribution >= 4 is 23.0 Å². The van der Waals surface area contributed by atoms with Crippen molar-refractivity contribution in [1.82, 2.24) is 5.32 Å². The molecule has 2 aliphatic rings. The zero-order valence-corrected chi connectivity index (χ0v) is 12.0. The fraction of sp³-hybridized carbons (Fsp3) is 0.600. The number of rotatable bonds is 3. The Hall–Kier alpha value is -1.16. The van der Waals surface area contributed by atoms with E-state index >= 15 is 0 Å². The van der Waals surface area contributed by atoms with Crippen LogP contribution >= 0.6 is 11.3 Å². The lowest BCUT2D eigenvalue weighted by molar-refractivity contribution is 0.0927. The van der Waals surface area contributed by atoms with Gasteiger partial charge < -0.3 is 5.32 Å². The number of amides is 1. The van der Waals surface area contributed by atoms with Gasteiger partial charge in [0.1, 0.15) is 0 Å². The van der Waals surface area contributed by atoms with Gasteiger partial charge in [-0.3, -0.25) is 9.59 Å². The summed E-state index contributed by atoms with van der Waals surface area (Å²) in [6.07, 6.45) is 6.29. The molecule has 1 amide bonds. The zero-order chi connectivity index (χ0) is 13.4. The van der Waals surface area contributed by atoms with Crippen LogP contribution in [0, 0.1) is 11.8 Å². The second kappa shape index (κ2) is 5.08. The molecule has 1 aromatic heterocycles. The number of ketones is 1. The summed E-state index contributed by atoms with van der Waals surface area (Å²) in [7, 11) is 0. The molecular weight excluding hydrogens is 258 g/mol. The number of thiophene rings is 1. The molecule has 0 saturated heterocycles. The topological polar surface area (TPSA) is 46.2 Å². The minimum atomic E-state index is -0.0127. The molecule has 2 saturated carbocycles. The van der Waals surface area contributed by atoms with Gasteiger partial charge in [0.05, 0.1) is 10.4 Å². The predicted octanol–water partition coefficient (Wildman–Crippen LogP) is 3.26. The van der Waals surface area contributed by atoms with E-state index in [1.807, 2.05) is 0 Å². The third-order valence-electron chi connectivity index (χ3n) is 4.61. The average molecular weight is 277 g/mol. The third kappa shape index (κ3) is 2.46. The Morgan fingerprint density at radius 2 is 2.11 bits per heavy atom. The number of fused-ring (bicyclic) bond motifs is 1. The number of nitrogens with one attached hydrogen (secondary N) is 1. The monoisotopic (exact) mass is 277 g/mol. The van der Waals surface area contributed by atoms with Gasteiger partial charge in [-0.15, -0.1) is 11.3 Å². The van der Waals surface area contributed by atoms with E-state index < -0.39 is 0 Å². The first-order chi connectivity index (χ1) is 9.15. The molecular formula is C15H19NO2S. The Kier molecular flexibility index (Phi) is 3.44. The quantitative estimate of drug-likeness (QED) is 0.862. The summed E-state index contributed by atoms with van der Waals surface area (Å²) >= 11 is 1.35. The zero-order valence-electron chi connectivity index (χ0n) is 11.1. The molecule has 3 nitrogen and oxygen atoms in total. The minimum Gasteiger partial charge on any atom is -0.349 e. The Balaban J connectivity index is 1.66. The molecule has 3 rings (SSSR count). The Labute approximate surface area is 117 Å². The maximum atomic E-state index is 12.2. The summed E-state index contributed by atoms with van der Waals surface area (Å²) < 4.78 is 0. The standard InChI is InChI=1S/C15H19NO2S/c1-9(17)14-7-11(8-19-14)15(18)16-13-6-5-10-3-2-4-12(10)13/h7-8,10,12-13H,2-6H2,1H3,(H,16,18)/t10-,12-,13-/m1/s1. The second-order valence-corrected chi connectivity index (χ2v) is 6.68. The molecule has 19 heavy (non-hydrogen) atoms. The van der Waals surface area contributed by atoms with Crippen molar-refractivity contribution in [3.05, 3.63) is 21.9 Å². The first-order valence-corrected chi connectivity index (χ1v) is 7.93. The highest BCUT2D eigenvalue weighted by Gasteiger charge is 2.39. The van der Waals surface area contributed by atoms with Crippen molar-refractivity contribution in [3.8, 4) is 0 Å². The predicted molar refractivity (Wildman–Crippen MR) is 75.6 cm³/mol. The van der Waals surface area contributed by atoms with Crippen molar-refractivity contribution in [3.63, 3.8) is 0 Å². The van der Waals surface area contributed by atoms with Crippen molar-refractivity contribution in [2.24, 2.45) is 11.8 Å². The largest absolute Gasteiger partial charge is 0.349 e. The Bertz CT molecular complexity index is 508. The summed E-state index contributed by atoms with van der Waals surface area (Å²) in [5, 5.41) is 4.96. The van der Waals surface area contributed by atoms with Gasteiger partial charge in [-0.05, 0) is 44.1 Å². The van der Waals surface area contributed by atoms with Crippen LogP contribution in [0.4, 0.5) is 0 Å². The summed E-state index contributed by atoms with van der Waals surface area (Å²) in [4.78, 5) is 24.1. The highest BCUT2D eigenvalue weighted by atomic mass is 32.1. The van der Waals surface area contributed by atoms with Crippen molar-refractivity contribution in [2.75, 3.05) is 0 Å². The average Bonchev–Trinajstić information content (AvgIpc) is 3.05. The number of hydrogen-bond donors (Lipinski definition) is 1. The van der Waals surface area contributed by atoms with Crippen LogP contribution in [-0.4, -0.2) is 17.7 Å². The van der Waals surface area contributed by atoms with E-state index in [0.717, 1.165) is 12.3 Å². The van der Waals surface area contributed by atoms with E-state index in [-0.39, 0.29) is 11.7 Å². The first kappa shape index (κ1) is 12.9. The lowest BCUT2D eigenvalue weighted by Crippen LogP contribution is -2.37. The smallest absolute Gasteiger partial charge is 0.252 e. The molecule has 4 heteroatoms. The minimum absolute atomic E-state index is 0.0127. The highest BCUT2D eigenvalue weighted by Crippen LogP contribution is 2.44. The van der Waals surface area contributed by atoms with Crippen LogP contribution in [-0.2, 0) is 0 Å². The van der Waals surface area contributed by atoms with Crippen LogP contribution in [0.1, 0.15) is 59.1 Å². The normalized spacial score (nSPS) is 29.2. The van der Waals surface area contributed by atoms with Crippen LogP contribution in [0.3, 0.4) is 0 Å². The third-order valence-corrected chi connectivity index (χ3v) is 5.64. The van der Waals surface area contributed by atoms with Gasteiger partial charge in [-0.1, -0.05) is 12.8 Å². The molecule has 3 atom stereocenters. The summed E-state index contributed by atoms with van der Waals surface area (Å²) in [6, 6.07) is 2.06. The van der Waals surface area contributed by atoms with Crippen molar-refractivity contribution in [2.45, 2.75) is 45.1 Å². The van der Waals surface area contributed by atoms with E-state index in [1.54, 1.807) is 11.4 Å². The number of Topliss-reactive ketones (excluding diaryl/α,β-unsaturated/α-hetero) is 1. The van der Waals surface area contributed by atoms with Crippen LogP contribution < -0.4 is 5.32 Å². The van der Waals surface area contributed by atoms with E-state index in [2.05, 4.69) is 5.32 Å². The Morgan fingerprint density at radius 1 is 1.26 bits per heavy atom. The number of carbonyl (C=O) groups is 2. The summed E-state index contributed by atoms with van der Waals surface area (Å²) in [5.41, 5.74) is 0.636. The van der Waals surface area contributed by atoms with Crippen LogP contribution in [0.2, 0.25) is 0 Å². The maximum absolute atomic E-state index is 12.2. The summed E-state index contributed by atoms with van der Waals surface area (Å²) in [5.74, 6) is 1.54. The molecule has 2 fully saturated rings. The number of hydrogen-bond acceptors (Lipinski definition) is 3. The molecule has 0 radical (unpaired) electrons. The van der Waals surface area contributed by atoms with Crippen LogP contribution in [0.15, 0.2) is 11.4 Å². The van der Waals surface area contributed by atoms with Crippen molar-refractivity contribution < 1.29 is 9.59 Å². The first-order valence-electron chi connectivity index (χ1n) is 7.05. The molecule has 2 aliphatic carbocycles. The van der Waals surface area contributed by atoms with Crippen LogP contribution in [0.25, 0.3) is 0 Å². The molecule has 0 aromatic carbocycles. The van der Waals surface area contributed by atoms with Gasteiger partial charge in [0.25, 0.3) is 5.91 Å². The lowest BCUT2D eigenvalue weighted by Gasteiger charge is -2.19. The van der Waals surface area contributed by atoms with E-state index in [9.17, 15) is 9.59 Å². The fourth-order valence-electron chi connectivity index (χ4n) is 3.63. The van der Waals surface area contributed by atoms with E-state index in [0.29, 0.717) is 22.4 Å². The maximum Gasteiger partial charge on any atom is 0.252 e. The van der Waals surface area contributed by atoms with Gasteiger partial charge in [0.2, 0.25) is 0 Å². The molecule has 0 spiro atoms. The van der Waals surface area contributed by atoms with E-state index in [1.165, 1.54) is 43.9 Å². The molecule has 1 N–H and O–H groups in total. The van der Waals surface area contributed by atoms with Crippen LogP contribution in [0.5, 0.6) is 0 Å². The SMILES string of the molecule is CC(=O)c1cc(C(=O)N[C@@H]2CC[C@H]3CCC[C@H]32)cs1. The fourth-order valence-corrected chi connectivity index (χ4v) is 4.42. The second-order valence-electron chi connectivity index (χ2n) is 5.77. The lowest BCUT2D eigenvalue weighted by atomic mass is 9.97. The van der Waals surface area contributed by atoms with Gasteiger partial charge >= 0.3 is 0 Å². The van der Waals surface area contributed by atoms with Gasteiger partial charge in [0, 0.05) is 11.4 Å². The van der Waals surface area contributed by atoms with Gasteiger partial charge in [-0.2, -0.15) is 0 Å². The molecule has 1 heterocycles. The molecule has 0 aliphatic heterocycles. The Morgan fingerprint density at radius 3 is 2.84 bits per heavy atom. The van der Waals surface area contributed by atoms with E-state index in [4.69, 9.17) is 0 Å². The molecule has 0 bridgehead atoms. The highest BCUT2D eigenvalue weighted by molar-refractivity contribution is 7.12. The number of carbonyl (C=O) groups excluding carboxylic acids is 2. The molecule has 1 aromatic rings. The molecule has 102 valence electrons. The van der Waals surface area contributed by atoms with Crippen molar-refractivity contribution in [1.29, 1.82) is 0 Å².